The molecule has 1 aliphatic rings. The van der Waals surface area contributed by atoms with E-state index in [0.29, 0.717) is 36.4 Å². The van der Waals surface area contributed by atoms with Crippen LogP contribution in [0.25, 0.3) is 0 Å². The van der Waals surface area contributed by atoms with Crippen molar-refractivity contribution in [2.45, 2.75) is 52.2 Å². The van der Waals surface area contributed by atoms with Gasteiger partial charge in [-0.05, 0) is 57.6 Å². The SMILES string of the molecule is CC(C)(C)OC(=O)N1CCC[C@@H](CCOCc2cnc(Cl)nc2Cl)C1. The van der Waals surface area contributed by atoms with Gasteiger partial charge in [0.15, 0.2) is 0 Å². The third-order valence-electron chi connectivity index (χ3n) is 3.88. The lowest BCUT2D eigenvalue weighted by molar-refractivity contribution is 0.0135. The van der Waals surface area contributed by atoms with E-state index in [2.05, 4.69) is 9.97 Å². The molecule has 0 aromatic carbocycles. The number of carbonyl (C=O) groups is 1. The van der Waals surface area contributed by atoms with Crippen molar-refractivity contribution in [1.29, 1.82) is 0 Å². The van der Waals surface area contributed by atoms with Crippen molar-refractivity contribution in [3.8, 4) is 0 Å². The molecule has 0 spiro atoms. The third kappa shape index (κ3) is 6.96. The highest BCUT2D eigenvalue weighted by atomic mass is 35.5. The van der Waals surface area contributed by atoms with Gasteiger partial charge in [-0.2, -0.15) is 0 Å². The lowest BCUT2D eigenvalue weighted by Crippen LogP contribution is -2.43. The van der Waals surface area contributed by atoms with Crippen molar-refractivity contribution in [3.63, 3.8) is 0 Å². The summed E-state index contributed by atoms with van der Waals surface area (Å²) in [6.07, 6.45) is 4.30. The van der Waals surface area contributed by atoms with Gasteiger partial charge in [-0.3, -0.25) is 0 Å². The molecule has 0 N–H and O–H groups in total. The summed E-state index contributed by atoms with van der Waals surface area (Å²) in [5.41, 5.74) is 0.248. The number of amides is 1. The lowest BCUT2D eigenvalue weighted by Gasteiger charge is -2.34. The van der Waals surface area contributed by atoms with Gasteiger partial charge in [0.1, 0.15) is 10.8 Å². The number of aromatic nitrogens is 2. The van der Waals surface area contributed by atoms with E-state index in [0.717, 1.165) is 25.8 Å². The van der Waals surface area contributed by atoms with Gasteiger partial charge < -0.3 is 14.4 Å². The van der Waals surface area contributed by atoms with Gasteiger partial charge in [0, 0.05) is 31.5 Å². The summed E-state index contributed by atoms with van der Waals surface area (Å²) in [5, 5.41) is 0.437. The van der Waals surface area contributed by atoms with Gasteiger partial charge in [-0.25, -0.2) is 14.8 Å². The maximum Gasteiger partial charge on any atom is 0.410 e. The fourth-order valence-corrected chi connectivity index (χ4v) is 3.05. The van der Waals surface area contributed by atoms with Crippen molar-refractivity contribution in [2.24, 2.45) is 5.92 Å². The normalized spacial score (nSPS) is 18.3. The molecule has 0 bridgehead atoms. The monoisotopic (exact) mass is 389 g/mol. The first-order chi connectivity index (χ1) is 11.7. The highest BCUT2D eigenvalue weighted by Crippen LogP contribution is 2.22. The number of carbonyl (C=O) groups excluding carboxylic acids is 1. The molecule has 8 heteroatoms. The molecule has 140 valence electrons. The minimum Gasteiger partial charge on any atom is -0.444 e. The second-order valence-corrected chi connectivity index (χ2v) is 7.93. The second-order valence-electron chi connectivity index (χ2n) is 7.23. The van der Waals surface area contributed by atoms with Crippen molar-refractivity contribution in [2.75, 3.05) is 19.7 Å². The Morgan fingerprint density at radius 2 is 2.16 bits per heavy atom. The van der Waals surface area contributed by atoms with Gasteiger partial charge in [0.25, 0.3) is 0 Å². The molecule has 6 nitrogen and oxygen atoms in total. The third-order valence-corrected chi connectivity index (χ3v) is 4.39. The molecule has 1 amide bonds. The Labute approximate surface area is 158 Å². The second kappa shape index (κ2) is 9.01. The zero-order valence-corrected chi connectivity index (χ0v) is 16.4. The van der Waals surface area contributed by atoms with Crippen molar-refractivity contribution in [1.82, 2.24) is 14.9 Å². The minimum atomic E-state index is -0.465. The Bertz CT molecular complexity index is 593. The van der Waals surface area contributed by atoms with Gasteiger partial charge >= 0.3 is 6.09 Å². The molecule has 1 saturated heterocycles. The van der Waals surface area contributed by atoms with Crippen molar-refractivity contribution >= 4 is 29.3 Å². The number of nitrogens with zero attached hydrogens (tertiary/aromatic N) is 3. The van der Waals surface area contributed by atoms with Crippen LogP contribution in [0.1, 0.15) is 45.6 Å². The van der Waals surface area contributed by atoms with Crippen LogP contribution < -0.4 is 0 Å². The summed E-state index contributed by atoms with van der Waals surface area (Å²) in [6, 6.07) is 0. The van der Waals surface area contributed by atoms with Gasteiger partial charge in [-0.15, -0.1) is 0 Å². The molecule has 2 heterocycles. The summed E-state index contributed by atoms with van der Waals surface area (Å²) >= 11 is 11.7. The molecule has 1 aliphatic heterocycles. The molecule has 2 rings (SSSR count). The predicted molar refractivity (Wildman–Crippen MR) is 96.9 cm³/mol. The summed E-state index contributed by atoms with van der Waals surface area (Å²) in [5.74, 6) is 0.415. The van der Waals surface area contributed by atoms with E-state index < -0.39 is 5.60 Å². The number of hydrogen-bond donors (Lipinski definition) is 0. The summed E-state index contributed by atoms with van der Waals surface area (Å²) < 4.78 is 11.1. The molecule has 0 unspecified atom stereocenters. The largest absolute Gasteiger partial charge is 0.444 e. The number of likely N-dealkylation sites (tertiary alicyclic amines) is 1. The zero-order valence-electron chi connectivity index (χ0n) is 14.9. The Balaban J connectivity index is 1.72. The summed E-state index contributed by atoms with van der Waals surface area (Å²) in [6.45, 7) is 8.04. The Kier molecular flexibility index (Phi) is 7.28. The van der Waals surface area contributed by atoms with Crippen LogP contribution in [0, 0.1) is 5.92 Å². The van der Waals surface area contributed by atoms with E-state index in [1.807, 2.05) is 20.8 Å². The van der Waals surface area contributed by atoms with E-state index in [1.54, 1.807) is 11.1 Å². The standard InChI is InChI=1S/C17H25Cl2N3O3/c1-17(2,3)25-16(23)22-7-4-5-12(10-22)6-8-24-11-13-9-20-15(19)21-14(13)18/h9,12H,4-8,10-11H2,1-3H3/t12-/m0/s1. The van der Waals surface area contributed by atoms with Gasteiger partial charge in [0.05, 0.1) is 6.61 Å². The van der Waals surface area contributed by atoms with Crippen LogP contribution in [-0.2, 0) is 16.1 Å². The Morgan fingerprint density at radius 1 is 1.40 bits per heavy atom. The molecule has 0 radical (unpaired) electrons. The van der Waals surface area contributed by atoms with Crippen molar-refractivity contribution in [3.05, 3.63) is 22.2 Å². The smallest absolute Gasteiger partial charge is 0.410 e. The maximum absolute atomic E-state index is 12.2. The average Bonchev–Trinajstić information content (AvgIpc) is 2.52. The van der Waals surface area contributed by atoms with Crippen molar-refractivity contribution < 1.29 is 14.3 Å². The fourth-order valence-electron chi connectivity index (χ4n) is 2.69. The Hall–Kier alpha value is -1.11. The number of piperidine rings is 1. The average molecular weight is 390 g/mol. The van der Waals surface area contributed by atoms with E-state index in [-0.39, 0.29) is 11.4 Å². The quantitative estimate of drug-likeness (QED) is 0.425. The maximum atomic E-state index is 12.2. The van der Waals surface area contributed by atoms with E-state index in [1.165, 1.54) is 0 Å². The zero-order chi connectivity index (χ0) is 18.4. The van der Waals surface area contributed by atoms with E-state index in [4.69, 9.17) is 32.7 Å². The predicted octanol–water partition coefficient (Wildman–Crippen LogP) is 4.34. The molecule has 0 saturated carbocycles. The number of halogens is 2. The first kappa shape index (κ1) is 20.2. The summed E-state index contributed by atoms with van der Waals surface area (Å²) in [7, 11) is 0. The first-order valence-corrected chi connectivity index (χ1v) is 9.23. The minimum absolute atomic E-state index is 0.123. The van der Waals surface area contributed by atoms with Gasteiger partial charge in [0.2, 0.25) is 5.28 Å². The first-order valence-electron chi connectivity index (χ1n) is 8.47. The van der Waals surface area contributed by atoms with Crippen LogP contribution in [0.15, 0.2) is 6.20 Å². The number of rotatable bonds is 5. The highest BCUT2D eigenvalue weighted by Gasteiger charge is 2.27. The molecule has 1 fully saturated rings. The van der Waals surface area contributed by atoms with Gasteiger partial charge in [-0.1, -0.05) is 11.6 Å². The molecule has 0 aliphatic carbocycles. The lowest BCUT2D eigenvalue weighted by atomic mass is 9.95. The molecule has 1 atom stereocenters. The molecular weight excluding hydrogens is 365 g/mol. The molecular formula is C17H25Cl2N3O3. The fraction of sp³-hybridized carbons (Fsp3) is 0.706. The number of ether oxygens (including phenoxy) is 2. The molecule has 25 heavy (non-hydrogen) atoms. The number of hydrogen-bond acceptors (Lipinski definition) is 5. The van der Waals surface area contributed by atoms with Crippen LogP contribution in [0.2, 0.25) is 10.4 Å². The van der Waals surface area contributed by atoms with Crippen LogP contribution >= 0.6 is 23.2 Å². The Morgan fingerprint density at radius 3 is 2.84 bits per heavy atom. The van der Waals surface area contributed by atoms with Crippen LogP contribution in [0.5, 0.6) is 0 Å². The van der Waals surface area contributed by atoms with E-state index in [9.17, 15) is 4.79 Å². The highest BCUT2D eigenvalue weighted by molar-refractivity contribution is 6.32. The topological polar surface area (TPSA) is 64.5 Å². The summed E-state index contributed by atoms with van der Waals surface area (Å²) in [4.78, 5) is 21.7. The molecule has 1 aromatic heterocycles. The van der Waals surface area contributed by atoms with Crippen LogP contribution in [-0.4, -0.2) is 46.3 Å². The van der Waals surface area contributed by atoms with Crippen LogP contribution in [0.3, 0.4) is 0 Å². The molecule has 1 aromatic rings. The van der Waals surface area contributed by atoms with Crippen LogP contribution in [0.4, 0.5) is 4.79 Å². The van der Waals surface area contributed by atoms with E-state index >= 15 is 0 Å².